The number of H-pyrrole nitrogens is 1. The molecule has 2 aromatic heterocycles. The van der Waals surface area contributed by atoms with Crippen LogP contribution in [0.5, 0.6) is 0 Å². The summed E-state index contributed by atoms with van der Waals surface area (Å²) in [7, 11) is -5.17. The minimum atomic E-state index is -2.84. The van der Waals surface area contributed by atoms with E-state index >= 15 is 0 Å². The Balaban J connectivity index is 1.82. The fraction of sp³-hybridized carbons (Fsp3) is 0.724. The number of rotatable bonds is 6. The summed E-state index contributed by atoms with van der Waals surface area (Å²) in [6.45, 7) is 26.5. The third-order valence-electron chi connectivity index (χ3n) is 8.64. The normalized spacial score (nSPS) is 25.2. The number of hydrogen-bond acceptors (Lipinski definition) is 9. The molecule has 2 saturated heterocycles. The van der Waals surface area contributed by atoms with Gasteiger partial charge in [-0.3, -0.25) is 9.36 Å². The lowest BCUT2D eigenvalue weighted by molar-refractivity contribution is -0.137. The molecule has 0 bridgehead atoms. The van der Waals surface area contributed by atoms with Gasteiger partial charge in [-0.1, -0.05) is 62.3 Å². The third-order valence-corrected chi connectivity index (χ3v) is 18.2. The SMILES string of the molecule is CCOC(=O)/C=C/c1nc2c(ncn2[C@@H]2O[C@@H]3CO[Si](C(C)(C)C)(C(C)(C)C)O[C@H]3[C@H]2O[Si](C)(C)C(C)(C)C)c(=O)[nH]1. The van der Waals surface area contributed by atoms with E-state index in [0.29, 0.717) is 12.3 Å². The molecule has 42 heavy (non-hydrogen) atoms. The fourth-order valence-corrected chi connectivity index (χ4v) is 12.0. The van der Waals surface area contributed by atoms with Gasteiger partial charge in [-0.15, -0.1) is 0 Å². The van der Waals surface area contributed by atoms with Gasteiger partial charge in [-0.2, -0.15) is 0 Å². The minimum Gasteiger partial charge on any atom is -0.463 e. The Labute approximate surface area is 250 Å². The van der Waals surface area contributed by atoms with Crippen LogP contribution in [0.2, 0.25) is 28.2 Å². The van der Waals surface area contributed by atoms with Crippen LogP contribution < -0.4 is 5.56 Å². The van der Waals surface area contributed by atoms with Gasteiger partial charge in [0.2, 0.25) is 0 Å². The van der Waals surface area contributed by atoms with Gasteiger partial charge >= 0.3 is 14.5 Å². The Bertz CT molecular complexity index is 1380. The zero-order valence-corrected chi connectivity index (χ0v) is 29.2. The van der Waals surface area contributed by atoms with Crippen molar-refractivity contribution in [2.24, 2.45) is 0 Å². The lowest BCUT2D eigenvalue weighted by atomic mass is 10.1. The Morgan fingerprint density at radius 3 is 2.38 bits per heavy atom. The first-order valence-corrected chi connectivity index (χ1v) is 19.4. The molecular formula is C29H48N4O7Si2. The molecule has 0 aromatic carbocycles. The summed E-state index contributed by atoms with van der Waals surface area (Å²) in [4.78, 5) is 36.6. The summed E-state index contributed by atoms with van der Waals surface area (Å²) in [6.07, 6.45) is 2.29. The average Bonchev–Trinajstić information content (AvgIpc) is 3.42. The first-order chi connectivity index (χ1) is 19.2. The molecule has 4 atom stereocenters. The van der Waals surface area contributed by atoms with Crippen LogP contribution in [0.4, 0.5) is 0 Å². The van der Waals surface area contributed by atoms with E-state index in [2.05, 4.69) is 90.4 Å². The number of esters is 1. The van der Waals surface area contributed by atoms with Crippen LogP contribution in [-0.2, 0) is 27.5 Å². The highest BCUT2D eigenvalue weighted by atomic mass is 28.4. The van der Waals surface area contributed by atoms with E-state index in [1.165, 1.54) is 12.2 Å². The molecule has 0 radical (unpaired) electrons. The Hall–Kier alpha value is -2.17. The van der Waals surface area contributed by atoms with Crippen molar-refractivity contribution in [3.63, 3.8) is 0 Å². The molecule has 4 rings (SSSR count). The maximum atomic E-state index is 13.0. The average molecular weight is 621 g/mol. The van der Waals surface area contributed by atoms with Gasteiger partial charge in [0.05, 0.1) is 19.5 Å². The van der Waals surface area contributed by atoms with Crippen LogP contribution in [0.1, 0.15) is 81.3 Å². The minimum absolute atomic E-state index is 0.0686. The second-order valence-electron chi connectivity index (χ2n) is 14.8. The molecule has 4 heterocycles. The van der Waals surface area contributed by atoms with Crippen molar-refractivity contribution in [3.05, 3.63) is 28.6 Å². The molecule has 234 valence electrons. The lowest BCUT2D eigenvalue weighted by Gasteiger charge is -2.54. The molecule has 0 saturated carbocycles. The number of hydrogen-bond donors (Lipinski definition) is 1. The Morgan fingerprint density at radius 1 is 1.17 bits per heavy atom. The first-order valence-electron chi connectivity index (χ1n) is 14.7. The van der Waals surface area contributed by atoms with Gasteiger partial charge in [0, 0.05) is 16.2 Å². The second-order valence-corrected chi connectivity index (χ2v) is 24.3. The molecule has 0 spiro atoms. The quantitative estimate of drug-likeness (QED) is 0.255. The summed E-state index contributed by atoms with van der Waals surface area (Å²) in [5, 5.41) is -0.500. The number of imidazole rings is 1. The summed E-state index contributed by atoms with van der Waals surface area (Å²) < 4.78 is 34.4. The number of ether oxygens (including phenoxy) is 2. The van der Waals surface area contributed by atoms with Crippen molar-refractivity contribution in [3.8, 4) is 0 Å². The van der Waals surface area contributed by atoms with E-state index in [-0.39, 0.29) is 45.3 Å². The van der Waals surface area contributed by atoms with E-state index in [1.54, 1.807) is 17.8 Å². The molecule has 2 aliphatic heterocycles. The predicted octanol–water partition coefficient (Wildman–Crippen LogP) is 5.44. The van der Waals surface area contributed by atoms with Crippen LogP contribution in [0.25, 0.3) is 17.2 Å². The fourth-order valence-electron chi connectivity index (χ4n) is 5.73. The van der Waals surface area contributed by atoms with Gasteiger partial charge in [0.15, 0.2) is 25.7 Å². The molecule has 2 fully saturated rings. The van der Waals surface area contributed by atoms with E-state index in [4.69, 9.17) is 22.8 Å². The first kappa shape index (κ1) is 32.7. The van der Waals surface area contributed by atoms with Gasteiger partial charge in [-0.05, 0) is 31.1 Å². The number of aromatic amines is 1. The van der Waals surface area contributed by atoms with E-state index < -0.39 is 40.7 Å². The topological polar surface area (TPSA) is 127 Å². The highest BCUT2D eigenvalue weighted by Crippen LogP contribution is 2.56. The predicted molar refractivity (Wildman–Crippen MR) is 166 cm³/mol. The number of carbonyl (C=O) groups is 1. The highest BCUT2D eigenvalue weighted by Gasteiger charge is 2.66. The molecule has 1 N–H and O–H groups in total. The van der Waals surface area contributed by atoms with Crippen molar-refractivity contribution < 1.29 is 27.5 Å². The van der Waals surface area contributed by atoms with Gasteiger partial charge in [0.1, 0.15) is 24.1 Å². The number of fused-ring (bicyclic) bond motifs is 2. The van der Waals surface area contributed by atoms with Crippen LogP contribution in [0, 0.1) is 0 Å². The lowest BCUT2D eigenvalue weighted by Crippen LogP contribution is -2.66. The van der Waals surface area contributed by atoms with Gasteiger partial charge in [0.25, 0.3) is 5.56 Å². The van der Waals surface area contributed by atoms with Crippen LogP contribution in [0.3, 0.4) is 0 Å². The van der Waals surface area contributed by atoms with E-state index in [9.17, 15) is 9.59 Å². The standard InChI is InChI=1S/C29H48N4O7Si2/c1-13-36-20(34)15-14-19-31-24-21(25(35)32-19)30-17-33(24)26-23(39-41(11,12)27(2,3)4)22-18(38-26)16-37-42(40-22,28(5,6)7)29(8,9)10/h14-15,17-18,22-23,26H,13,16H2,1-12H3,(H,31,32,35)/b15-14+/t18-,22-,23-,26-/m1/s1. The monoisotopic (exact) mass is 620 g/mol. The summed E-state index contributed by atoms with van der Waals surface area (Å²) in [6, 6.07) is 0. The smallest absolute Gasteiger partial charge is 0.349 e. The maximum absolute atomic E-state index is 13.0. The van der Waals surface area contributed by atoms with Crippen LogP contribution in [-0.4, -0.2) is 73.9 Å². The van der Waals surface area contributed by atoms with Crippen molar-refractivity contribution in [1.82, 2.24) is 19.5 Å². The molecule has 13 heteroatoms. The zero-order chi connectivity index (χ0) is 31.5. The largest absolute Gasteiger partial charge is 0.463 e. The summed E-state index contributed by atoms with van der Waals surface area (Å²) in [5.41, 5.74) is 0.0647. The second kappa shape index (κ2) is 11.1. The van der Waals surface area contributed by atoms with Gasteiger partial charge in [-0.25, -0.2) is 14.8 Å². The summed E-state index contributed by atoms with van der Waals surface area (Å²) >= 11 is 0. The molecule has 2 aromatic rings. The maximum Gasteiger partial charge on any atom is 0.349 e. The van der Waals surface area contributed by atoms with E-state index in [1.807, 2.05) is 0 Å². The Morgan fingerprint density at radius 2 is 1.81 bits per heavy atom. The molecule has 0 unspecified atom stereocenters. The zero-order valence-electron chi connectivity index (χ0n) is 27.2. The molecule has 11 nitrogen and oxygen atoms in total. The summed E-state index contributed by atoms with van der Waals surface area (Å²) in [5.74, 6) is -0.326. The number of nitrogens with zero attached hydrogens (tertiary/aromatic N) is 3. The third kappa shape index (κ3) is 5.83. The molecule has 0 amide bonds. The van der Waals surface area contributed by atoms with Crippen molar-refractivity contribution in [2.45, 2.75) is 122 Å². The highest BCUT2D eigenvalue weighted by molar-refractivity contribution is 6.74. The van der Waals surface area contributed by atoms with Gasteiger partial charge < -0.3 is 27.7 Å². The van der Waals surface area contributed by atoms with E-state index in [0.717, 1.165) is 0 Å². The van der Waals surface area contributed by atoms with Crippen LogP contribution >= 0.6 is 0 Å². The van der Waals surface area contributed by atoms with Crippen molar-refractivity contribution in [2.75, 3.05) is 13.2 Å². The molecular weight excluding hydrogens is 573 g/mol. The number of nitrogens with one attached hydrogen (secondary N) is 1. The van der Waals surface area contributed by atoms with Crippen LogP contribution in [0.15, 0.2) is 17.2 Å². The molecule has 0 aliphatic carbocycles. The number of carbonyl (C=O) groups excluding carboxylic acids is 1. The Kier molecular flexibility index (Phi) is 8.64. The van der Waals surface area contributed by atoms with Crippen molar-refractivity contribution in [1.29, 1.82) is 0 Å². The van der Waals surface area contributed by atoms with Crippen molar-refractivity contribution >= 4 is 40.1 Å². The number of aromatic nitrogens is 4. The molecule has 2 aliphatic rings.